The van der Waals surface area contributed by atoms with Crippen LogP contribution < -0.4 is 20.7 Å². The molecule has 0 unspecified atom stereocenters. The topological polar surface area (TPSA) is 257 Å². The number of carboxylic acids is 2. The van der Waals surface area contributed by atoms with Gasteiger partial charge in [-0.2, -0.15) is 0 Å². The van der Waals surface area contributed by atoms with Crippen LogP contribution in [0, 0.1) is 0 Å². The van der Waals surface area contributed by atoms with Crippen LogP contribution in [0.25, 0.3) is 10.4 Å². The van der Waals surface area contributed by atoms with Crippen molar-refractivity contribution >= 4 is 29.7 Å². The molecule has 1 rings (SSSR count). The predicted molar refractivity (Wildman–Crippen MR) is 156 cm³/mol. The Morgan fingerprint density at radius 2 is 1.13 bits per heavy atom. The van der Waals surface area contributed by atoms with E-state index in [1.165, 1.54) is 18.2 Å². The van der Waals surface area contributed by atoms with Crippen molar-refractivity contribution in [3.8, 4) is 5.75 Å². The van der Waals surface area contributed by atoms with Crippen LogP contribution in [0.4, 0.5) is 0 Å². The lowest BCUT2D eigenvalue weighted by molar-refractivity contribution is -0.137. The van der Waals surface area contributed by atoms with E-state index in [1.807, 2.05) is 0 Å². The number of ether oxygens (including phenoxy) is 5. The summed E-state index contributed by atoms with van der Waals surface area (Å²) < 4.78 is 26.9. The predicted octanol–water partition coefficient (Wildman–Crippen LogP) is 0.357. The molecule has 5 N–H and O–H groups in total. The van der Waals surface area contributed by atoms with E-state index in [2.05, 4.69) is 26.0 Å². The molecule has 0 heterocycles. The Hall–Kier alpha value is -4.48. The van der Waals surface area contributed by atoms with Gasteiger partial charge in [0, 0.05) is 42.1 Å². The Balaban J connectivity index is 2.32. The van der Waals surface area contributed by atoms with Gasteiger partial charge >= 0.3 is 11.9 Å². The first-order chi connectivity index (χ1) is 21.7. The van der Waals surface area contributed by atoms with Crippen molar-refractivity contribution in [2.45, 2.75) is 19.3 Å². The summed E-state index contributed by atoms with van der Waals surface area (Å²) in [5.41, 5.74) is 8.20. The lowest BCUT2D eigenvalue weighted by Crippen LogP contribution is -2.29. The molecule has 0 bridgehead atoms. The molecule has 1 aromatic rings. The van der Waals surface area contributed by atoms with Gasteiger partial charge in [0.15, 0.2) is 0 Å². The Kier molecular flexibility index (Phi) is 21.3. The average molecular weight is 641 g/mol. The Morgan fingerprint density at radius 1 is 0.644 bits per heavy atom. The summed E-state index contributed by atoms with van der Waals surface area (Å²) >= 11 is 0. The standard InChI is InChI=1S/C27H40N6O12/c28-33-32-7-9-42-12-14-44-16-15-43-13-11-41-8-3-23(34)29-6-10-45-22-18-20(26(39)30-4-1-24(35)36)17-21(19-22)27(40)31-5-2-25(37)38/h17-19H,1-16H2,(H,29,34)(H,30,39)(H,31,40)(H,35,36)(H,37,38). The molecule has 250 valence electrons. The third kappa shape index (κ3) is 21.0. The summed E-state index contributed by atoms with van der Waals surface area (Å²) in [6.45, 7) is 2.83. The minimum atomic E-state index is -1.09. The van der Waals surface area contributed by atoms with Crippen molar-refractivity contribution in [1.29, 1.82) is 0 Å². The van der Waals surface area contributed by atoms with Crippen molar-refractivity contribution < 1.29 is 57.9 Å². The van der Waals surface area contributed by atoms with E-state index >= 15 is 0 Å². The summed E-state index contributed by atoms with van der Waals surface area (Å²) in [6.07, 6.45) is -0.478. The largest absolute Gasteiger partial charge is 0.492 e. The zero-order chi connectivity index (χ0) is 33.1. The highest BCUT2D eigenvalue weighted by Gasteiger charge is 2.15. The van der Waals surface area contributed by atoms with E-state index in [0.29, 0.717) is 46.2 Å². The first-order valence-corrected chi connectivity index (χ1v) is 14.1. The highest BCUT2D eigenvalue weighted by molar-refractivity contribution is 6.00. The number of nitrogens with one attached hydrogen (secondary N) is 3. The number of azide groups is 1. The SMILES string of the molecule is [N-]=[N+]=NCCOCCOCCOCCOCCC(=O)NCCOc1cc(C(=O)NCCC(=O)O)cc(C(=O)NCCC(=O)O)c1. The molecular weight excluding hydrogens is 600 g/mol. The van der Waals surface area contributed by atoms with Gasteiger partial charge in [-0.05, 0) is 23.7 Å². The van der Waals surface area contributed by atoms with Gasteiger partial charge in [-0.25, -0.2) is 0 Å². The van der Waals surface area contributed by atoms with Gasteiger partial charge in [0.05, 0.1) is 72.2 Å². The second-order valence-electron chi connectivity index (χ2n) is 8.90. The van der Waals surface area contributed by atoms with Gasteiger partial charge < -0.3 is 49.8 Å². The molecule has 0 aliphatic carbocycles. The number of rotatable bonds is 27. The molecule has 0 saturated heterocycles. The van der Waals surface area contributed by atoms with Crippen LogP contribution in [-0.2, 0) is 33.3 Å². The molecule has 18 nitrogen and oxygen atoms in total. The minimum Gasteiger partial charge on any atom is -0.492 e. The first kappa shape index (κ1) is 38.5. The molecule has 45 heavy (non-hydrogen) atoms. The van der Waals surface area contributed by atoms with Crippen LogP contribution in [0.5, 0.6) is 5.75 Å². The summed E-state index contributed by atoms with van der Waals surface area (Å²) in [5.74, 6) is -3.58. The second kappa shape index (κ2) is 24.9. The molecule has 1 aromatic carbocycles. The molecule has 3 amide bonds. The van der Waals surface area contributed by atoms with Crippen LogP contribution >= 0.6 is 0 Å². The lowest BCUT2D eigenvalue weighted by Gasteiger charge is -2.12. The fourth-order valence-corrected chi connectivity index (χ4v) is 3.24. The Labute approximate surface area is 259 Å². The van der Waals surface area contributed by atoms with Crippen molar-refractivity contribution in [2.75, 3.05) is 85.6 Å². The molecule has 0 aromatic heterocycles. The highest BCUT2D eigenvalue weighted by Crippen LogP contribution is 2.18. The fraction of sp³-hybridized carbons (Fsp3) is 0.593. The summed E-state index contributed by atoms with van der Waals surface area (Å²) in [4.78, 5) is 61.1. The van der Waals surface area contributed by atoms with E-state index in [9.17, 15) is 24.0 Å². The molecular formula is C27H40N6O12. The number of carboxylic acid groups (broad SMARTS) is 2. The van der Waals surface area contributed by atoms with Gasteiger partial charge in [0.2, 0.25) is 5.91 Å². The maximum absolute atomic E-state index is 12.5. The Morgan fingerprint density at radius 3 is 1.62 bits per heavy atom. The van der Waals surface area contributed by atoms with Crippen LogP contribution in [-0.4, -0.2) is 126 Å². The van der Waals surface area contributed by atoms with Crippen molar-refractivity contribution in [1.82, 2.24) is 16.0 Å². The smallest absolute Gasteiger partial charge is 0.305 e. The molecule has 0 fully saturated rings. The number of carbonyl (C=O) groups is 5. The molecule has 0 radical (unpaired) electrons. The Bertz CT molecular complexity index is 1080. The maximum atomic E-state index is 12.5. The number of carbonyl (C=O) groups excluding carboxylic acids is 3. The molecule has 0 saturated carbocycles. The maximum Gasteiger partial charge on any atom is 0.305 e. The number of hydrogen-bond donors (Lipinski definition) is 5. The molecule has 18 heteroatoms. The molecule has 0 atom stereocenters. The van der Waals surface area contributed by atoms with Crippen LogP contribution in [0.2, 0.25) is 0 Å². The fourth-order valence-electron chi connectivity index (χ4n) is 3.24. The third-order valence-corrected chi connectivity index (χ3v) is 5.36. The summed E-state index contributed by atoms with van der Waals surface area (Å²) in [7, 11) is 0. The lowest BCUT2D eigenvalue weighted by atomic mass is 10.1. The van der Waals surface area contributed by atoms with Gasteiger partial charge in [0.25, 0.3) is 11.8 Å². The summed E-state index contributed by atoms with van der Waals surface area (Å²) in [5, 5.41) is 28.4. The van der Waals surface area contributed by atoms with Crippen molar-refractivity contribution in [3.05, 3.63) is 39.8 Å². The molecule has 0 spiro atoms. The number of benzene rings is 1. The normalized spacial score (nSPS) is 10.4. The average Bonchev–Trinajstić information content (AvgIpc) is 3.00. The number of nitrogens with zero attached hydrogens (tertiary/aromatic N) is 3. The second-order valence-corrected chi connectivity index (χ2v) is 8.90. The van der Waals surface area contributed by atoms with Gasteiger partial charge in [-0.15, -0.1) is 0 Å². The van der Waals surface area contributed by atoms with E-state index < -0.39 is 23.8 Å². The van der Waals surface area contributed by atoms with Crippen molar-refractivity contribution in [3.63, 3.8) is 0 Å². The van der Waals surface area contributed by atoms with Crippen LogP contribution in [0.15, 0.2) is 23.3 Å². The number of aliphatic carboxylic acids is 2. The van der Waals surface area contributed by atoms with E-state index in [1.54, 1.807) is 0 Å². The first-order valence-electron chi connectivity index (χ1n) is 14.1. The zero-order valence-corrected chi connectivity index (χ0v) is 24.9. The van der Waals surface area contributed by atoms with Gasteiger partial charge in [-0.3, -0.25) is 24.0 Å². The van der Waals surface area contributed by atoms with E-state index in [0.717, 1.165) is 0 Å². The van der Waals surface area contributed by atoms with Gasteiger partial charge in [-0.1, -0.05) is 5.11 Å². The number of amides is 3. The monoisotopic (exact) mass is 640 g/mol. The van der Waals surface area contributed by atoms with Gasteiger partial charge in [0.1, 0.15) is 12.4 Å². The molecule has 0 aliphatic heterocycles. The van der Waals surface area contributed by atoms with E-state index in [-0.39, 0.29) is 81.4 Å². The molecule has 0 aliphatic rings. The third-order valence-electron chi connectivity index (χ3n) is 5.36. The zero-order valence-electron chi connectivity index (χ0n) is 24.9. The number of hydrogen-bond acceptors (Lipinski definition) is 11. The van der Waals surface area contributed by atoms with Crippen LogP contribution in [0.3, 0.4) is 0 Å². The van der Waals surface area contributed by atoms with Crippen molar-refractivity contribution in [2.24, 2.45) is 5.11 Å². The summed E-state index contributed by atoms with van der Waals surface area (Å²) in [6, 6.07) is 3.99. The minimum absolute atomic E-state index is 0.00847. The van der Waals surface area contributed by atoms with E-state index in [4.69, 9.17) is 39.4 Å². The quantitative estimate of drug-likeness (QED) is 0.0378. The highest BCUT2D eigenvalue weighted by atomic mass is 16.6. The van der Waals surface area contributed by atoms with Crippen LogP contribution in [0.1, 0.15) is 40.0 Å².